The fraction of sp³-hybridized carbons (Fsp3) is 0.0909. The molecule has 0 amide bonds. The van der Waals surface area contributed by atoms with Crippen molar-refractivity contribution in [2.75, 3.05) is 6.26 Å². The van der Waals surface area contributed by atoms with Crippen LogP contribution in [0.15, 0.2) is 40.9 Å². The number of Topliss-reactive ketones (excluding diaryl/α,β-unsaturated/α-hetero) is 1. The van der Waals surface area contributed by atoms with E-state index in [9.17, 15) is 4.79 Å². The molecule has 2 N–H and O–H groups in total. The number of hydrogen-bond acceptors (Lipinski definition) is 4. The molecular formula is C11H10N2OS. The smallest absolute Gasteiger partial charge is 0.206 e. The van der Waals surface area contributed by atoms with E-state index in [2.05, 4.69) is 0 Å². The number of nitrogens with two attached hydrogens (primary N) is 1. The van der Waals surface area contributed by atoms with Crippen molar-refractivity contribution in [1.82, 2.24) is 0 Å². The number of carbonyl (C=O) groups excluding carboxylic acids is 1. The molecule has 0 radical (unpaired) electrons. The van der Waals surface area contributed by atoms with E-state index >= 15 is 0 Å². The molecule has 1 rings (SSSR count). The molecule has 1 aromatic rings. The van der Waals surface area contributed by atoms with Gasteiger partial charge in [0.05, 0.1) is 5.03 Å². The van der Waals surface area contributed by atoms with E-state index < -0.39 is 0 Å². The lowest BCUT2D eigenvalue weighted by atomic mass is 10.1. The van der Waals surface area contributed by atoms with Crippen LogP contribution in [0.25, 0.3) is 0 Å². The molecule has 0 saturated carbocycles. The maximum absolute atomic E-state index is 11.8. The fourth-order valence-electron chi connectivity index (χ4n) is 1.05. The molecule has 0 unspecified atom stereocenters. The molecule has 3 nitrogen and oxygen atoms in total. The highest BCUT2D eigenvalue weighted by molar-refractivity contribution is 8.02. The summed E-state index contributed by atoms with van der Waals surface area (Å²) in [6.07, 6.45) is 1.73. The molecule has 4 heteroatoms. The van der Waals surface area contributed by atoms with Gasteiger partial charge in [0.15, 0.2) is 0 Å². The second kappa shape index (κ2) is 5.23. The number of rotatable bonds is 3. The van der Waals surface area contributed by atoms with E-state index in [1.54, 1.807) is 30.5 Å². The van der Waals surface area contributed by atoms with Gasteiger partial charge in [-0.2, -0.15) is 5.26 Å². The summed E-state index contributed by atoms with van der Waals surface area (Å²) >= 11 is 1.19. The molecule has 1 aromatic carbocycles. The van der Waals surface area contributed by atoms with Gasteiger partial charge in [0.2, 0.25) is 5.78 Å². The molecule has 0 aliphatic heterocycles. The summed E-state index contributed by atoms with van der Waals surface area (Å²) in [5, 5.41) is 9.09. The van der Waals surface area contributed by atoms with Gasteiger partial charge in [-0.15, -0.1) is 11.8 Å². The number of ketones is 1. The molecule has 0 saturated heterocycles. The molecule has 0 aliphatic rings. The minimum Gasteiger partial charge on any atom is -0.392 e. The fourth-order valence-corrected chi connectivity index (χ4v) is 1.40. The zero-order valence-electron chi connectivity index (χ0n) is 8.23. The van der Waals surface area contributed by atoms with Crippen LogP contribution in [0.1, 0.15) is 10.4 Å². The maximum Gasteiger partial charge on any atom is 0.206 e. The van der Waals surface area contributed by atoms with Crippen LogP contribution in [-0.2, 0) is 0 Å². The highest BCUT2D eigenvalue weighted by Crippen LogP contribution is 2.15. The average molecular weight is 218 g/mol. The highest BCUT2D eigenvalue weighted by Gasteiger charge is 2.14. The van der Waals surface area contributed by atoms with Gasteiger partial charge >= 0.3 is 0 Å². The molecule has 0 aliphatic carbocycles. The van der Waals surface area contributed by atoms with Crippen LogP contribution < -0.4 is 5.73 Å². The number of benzene rings is 1. The van der Waals surface area contributed by atoms with Crippen molar-refractivity contribution < 1.29 is 4.79 Å². The van der Waals surface area contributed by atoms with E-state index in [4.69, 9.17) is 11.0 Å². The van der Waals surface area contributed by atoms with Crippen LogP contribution in [0.4, 0.5) is 0 Å². The maximum atomic E-state index is 11.8. The summed E-state index contributed by atoms with van der Waals surface area (Å²) < 4.78 is 0. The third-order valence-electron chi connectivity index (χ3n) is 1.84. The highest BCUT2D eigenvalue weighted by atomic mass is 32.2. The molecular weight excluding hydrogens is 208 g/mol. The van der Waals surface area contributed by atoms with Crippen LogP contribution in [0.5, 0.6) is 0 Å². The molecule has 0 heterocycles. The van der Waals surface area contributed by atoms with Crippen molar-refractivity contribution in [3.8, 4) is 6.07 Å². The van der Waals surface area contributed by atoms with Gasteiger partial charge in [-0.1, -0.05) is 30.3 Å². The van der Waals surface area contributed by atoms with E-state index in [0.29, 0.717) is 5.56 Å². The largest absolute Gasteiger partial charge is 0.392 e. The minimum absolute atomic E-state index is 0.00806. The topological polar surface area (TPSA) is 66.9 Å². The summed E-state index contributed by atoms with van der Waals surface area (Å²) in [6.45, 7) is 0. The standard InChI is InChI=1S/C11H10N2OS/c1-15-11(13)9(7-12)10(14)8-5-3-2-4-6-8/h2-6H,13H2,1H3/b11-9+. The van der Waals surface area contributed by atoms with E-state index in [0.717, 1.165) is 0 Å². The van der Waals surface area contributed by atoms with E-state index in [1.807, 2.05) is 12.1 Å². The Labute approximate surface area is 92.6 Å². The molecule has 0 aromatic heterocycles. The van der Waals surface area contributed by atoms with Crippen molar-refractivity contribution in [1.29, 1.82) is 5.26 Å². The predicted molar refractivity (Wildman–Crippen MR) is 61.1 cm³/mol. The van der Waals surface area contributed by atoms with E-state index in [1.165, 1.54) is 11.8 Å². The predicted octanol–water partition coefficient (Wildman–Crippen LogP) is 1.93. The number of carbonyl (C=O) groups is 1. The Kier molecular flexibility index (Phi) is 3.95. The molecule has 15 heavy (non-hydrogen) atoms. The number of thioether (sulfide) groups is 1. The summed E-state index contributed by atoms with van der Waals surface area (Å²) in [7, 11) is 0. The van der Waals surface area contributed by atoms with Gasteiger partial charge in [-0.25, -0.2) is 0 Å². The van der Waals surface area contributed by atoms with Crippen LogP contribution in [-0.4, -0.2) is 12.0 Å². The van der Waals surface area contributed by atoms with Gasteiger partial charge < -0.3 is 5.73 Å². The van der Waals surface area contributed by atoms with Crippen molar-refractivity contribution in [2.45, 2.75) is 0 Å². The van der Waals surface area contributed by atoms with Crippen molar-refractivity contribution in [2.24, 2.45) is 5.73 Å². The zero-order valence-corrected chi connectivity index (χ0v) is 9.04. The lowest BCUT2D eigenvalue weighted by Gasteiger charge is -2.01. The molecule has 0 atom stereocenters. The molecule has 0 fully saturated rings. The summed E-state index contributed by atoms with van der Waals surface area (Å²) in [6, 6.07) is 10.5. The molecule has 0 spiro atoms. The average Bonchev–Trinajstić information content (AvgIpc) is 2.30. The van der Waals surface area contributed by atoms with Crippen molar-refractivity contribution >= 4 is 17.5 Å². The van der Waals surface area contributed by atoms with Gasteiger partial charge in [0.25, 0.3) is 0 Å². The first kappa shape index (κ1) is 11.3. The number of nitrogens with zero attached hydrogens (tertiary/aromatic N) is 1. The molecule has 76 valence electrons. The number of allylic oxidation sites excluding steroid dienone is 1. The SMILES string of the molecule is CS/C(N)=C(\C#N)C(=O)c1ccccc1. The lowest BCUT2D eigenvalue weighted by Crippen LogP contribution is -2.08. The van der Waals surface area contributed by atoms with Gasteiger partial charge in [-0.05, 0) is 6.26 Å². The van der Waals surface area contributed by atoms with E-state index in [-0.39, 0.29) is 16.4 Å². The summed E-state index contributed by atoms with van der Waals surface area (Å²) in [5.41, 5.74) is 6.05. The first-order valence-corrected chi connectivity index (χ1v) is 5.46. The Morgan fingerprint density at radius 2 is 2.00 bits per heavy atom. The first-order chi connectivity index (χ1) is 7.20. The monoisotopic (exact) mass is 218 g/mol. The van der Waals surface area contributed by atoms with Crippen molar-refractivity contribution in [3.05, 3.63) is 46.5 Å². The van der Waals surface area contributed by atoms with Crippen molar-refractivity contribution in [3.63, 3.8) is 0 Å². The normalized spacial score (nSPS) is 11.5. The Balaban J connectivity index is 3.11. The Morgan fingerprint density at radius 3 is 2.47 bits per heavy atom. The Morgan fingerprint density at radius 1 is 1.40 bits per heavy atom. The quantitative estimate of drug-likeness (QED) is 0.478. The number of nitriles is 1. The van der Waals surface area contributed by atoms with Crippen LogP contribution >= 0.6 is 11.8 Å². The van der Waals surface area contributed by atoms with Crippen LogP contribution in [0.3, 0.4) is 0 Å². The lowest BCUT2D eigenvalue weighted by molar-refractivity contribution is 0.103. The second-order valence-corrected chi connectivity index (χ2v) is 3.60. The van der Waals surface area contributed by atoms with Crippen LogP contribution in [0.2, 0.25) is 0 Å². The third-order valence-corrected chi connectivity index (χ3v) is 2.49. The number of hydrogen-bond donors (Lipinski definition) is 1. The first-order valence-electron chi connectivity index (χ1n) is 4.24. The van der Waals surface area contributed by atoms with Crippen LogP contribution in [0, 0.1) is 11.3 Å². The van der Waals surface area contributed by atoms with Gasteiger partial charge in [-0.3, -0.25) is 4.79 Å². The second-order valence-electron chi connectivity index (χ2n) is 2.75. The summed E-state index contributed by atoms with van der Waals surface area (Å²) in [5.74, 6) is -0.329. The Bertz CT molecular complexity index is 432. The third kappa shape index (κ3) is 2.61. The zero-order chi connectivity index (χ0) is 11.3. The molecule has 0 bridgehead atoms. The minimum atomic E-state index is -0.329. The summed E-state index contributed by atoms with van der Waals surface area (Å²) in [4.78, 5) is 11.8. The van der Waals surface area contributed by atoms with Gasteiger partial charge in [0, 0.05) is 5.56 Å². The van der Waals surface area contributed by atoms with Gasteiger partial charge in [0.1, 0.15) is 11.6 Å². The Hall–Kier alpha value is -1.73.